The molecule has 14 heavy (non-hydrogen) atoms. The lowest BCUT2D eigenvalue weighted by atomic mass is 9.96. The minimum Gasteiger partial charge on any atom is -0.341 e. The minimum absolute atomic E-state index is 0.105. The van der Waals surface area contributed by atoms with Gasteiger partial charge in [-0.25, -0.2) is 0 Å². The van der Waals surface area contributed by atoms with Gasteiger partial charge in [-0.3, -0.25) is 4.79 Å². The van der Waals surface area contributed by atoms with Gasteiger partial charge in [0, 0.05) is 25.6 Å². The SMILES string of the molecule is CCCN(CCN)C(=O)C(C)C(C)C. The summed E-state index contributed by atoms with van der Waals surface area (Å²) in [6, 6.07) is 0. The molecule has 1 amide bonds. The van der Waals surface area contributed by atoms with E-state index in [2.05, 4.69) is 20.8 Å². The summed E-state index contributed by atoms with van der Waals surface area (Å²) in [4.78, 5) is 13.8. The number of nitrogens with two attached hydrogens (primary N) is 1. The van der Waals surface area contributed by atoms with E-state index in [4.69, 9.17) is 5.73 Å². The molecule has 0 saturated heterocycles. The third kappa shape index (κ3) is 4.09. The fraction of sp³-hybridized carbons (Fsp3) is 0.909. The Balaban J connectivity index is 4.26. The van der Waals surface area contributed by atoms with Crippen LogP contribution in [0.3, 0.4) is 0 Å². The van der Waals surface area contributed by atoms with Crippen LogP contribution in [0.2, 0.25) is 0 Å². The molecule has 0 rings (SSSR count). The maximum atomic E-state index is 11.9. The zero-order valence-electron chi connectivity index (χ0n) is 9.92. The summed E-state index contributed by atoms with van der Waals surface area (Å²) in [6.07, 6.45) is 0.997. The smallest absolute Gasteiger partial charge is 0.225 e. The highest BCUT2D eigenvalue weighted by Gasteiger charge is 2.21. The zero-order valence-corrected chi connectivity index (χ0v) is 9.92. The van der Waals surface area contributed by atoms with Crippen LogP contribution in [0.15, 0.2) is 0 Å². The summed E-state index contributed by atoms with van der Waals surface area (Å²) < 4.78 is 0. The lowest BCUT2D eigenvalue weighted by Crippen LogP contribution is -2.40. The van der Waals surface area contributed by atoms with Crippen LogP contribution in [0.1, 0.15) is 34.1 Å². The minimum atomic E-state index is 0.105. The van der Waals surface area contributed by atoms with Crippen molar-refractivity contribution in [3.8, 4) is 0 Å². The van der Waals surface area contributed by atoms with Gasteiger partial charge < -0.3 is 10.6 Å². The first-order valence-corrected chi connectivity index (χ1v) is 5.53. The number of hydrogen-bond donors (Lipinski definition) is 1. The standard InChI is InChI=1S/C11H24N2O/c1-5-7-13(8-6-12)11(14)10(4)9(2)3/h9-10H,5-8,12H2,1-4H3. The molecule has 84 valence electrons. The molecule has 0 bridgehead atoms. The van der Waals surface area contributed by atoms with Gasteiger partial charge in [0.25, 0.3) is 0 Å². The van der Waals surface area contributed by atoms with E-state index in [0.29, 0.717) is 19.0 Å². The van der Waals surface area contributed by atoms with Crippen molar-refractivity contribution in [3.05, 3.63) is 0 Å². The zero-order chi connectivity index (χ0) is 11.1. The van der Waals surface area contributed by atoms with Gasteiger partial charge in [-0.15, -0.1) is 0 Å². The number of carbonyl (C=O) groups excluding carboxylic acids is 1. The molecule has 0 heterocycles. The Kier molecular flexibility index (Phi) is 6.54. The molecule has 0 spiro atoms. The molecular weight excluding hydrogens is 176 g/mol. The van der Waals surface area contributed by atoms with E-state index in [1.165, 1.54) is 0 Å². The molecule has 0 fully saturated rings. The topological polar surface area (TPSA) is 46.3 Å². The van der Waals surface area contributed by atoms with Crippen molar-refractivity contribution >= 4 is 5.91 Å². The maximum absolute atomic E-state index is 11.9. The predicted molar refractivity (Wildman–Crippen MR) is 59.9 cm³/mol. The van der Waals surface area contributed by atoms with Gasteiger partial charge in [-0.05, 0) is 12.3 Å². The van der Waals surface area contributed by atoms with Crippen molar-refractivity contribution in [1.29, 1.82) is 0 Å². The molecule has 0 aromatic rings. The lowest BCUT2D eigenvalue weighted by Gasteiger charge is -2.26. The van der Waals surface area contributed by atoms with E-state index in [1.54, 1.807) is 0 Å². The summed E-state index contributed by atoms with van der Waals surface area (Å²) in [6.45, 7) is 10.3. The first-order valence-electron chi connectivity index (χ1n) is 5.53. The van der Waals surface area contributed by atoms with Crippen molar-refractivity contribution in [2.45, 2.75) is 34.1 Å². The molecule has 1 unspecified atom stereocenters. The van der Waals surface area contributed by atoms with Crippen molar-refractivity contribution in [2.24, 2.45) is 17.6 Å². The molecule has 1 atom stereocenters. The Morgan fingerprint density at radius 2 is 1.86 bits per heavy atom. The molecule has 0 saturated carbocycles. The van der Waals surface area contributed by atoms with Crippen molar-refractivity contribution in [1.82, 2.24) is 4.90 Å². The van der Waals surface area contributed by atoms with Gasteiger partial charge in [0.1, 0.15) is 0 Å². The van der Waals surface area contributed by atoms with E-state index in [1.807, 2.05) is 11.8 Å². The first kappa shape index (κ1) is 13.4. The maximum Gasteiger partial charge on any atom is 0.225 e. The Labute approximate surface area is 87.6 Å². The summed E-state index contributed by atoms with van der Waals surface area (Å²) in [5.74, 6) is 0.750. The van der Waals surface area contributed by atoms with Crippen LogP contribution in [0, 0.1) is 11.8 Å². The van der Waals surface area contributed by atoms with Gasteiger partial charge in [0.2, 0.25) is 5.91 Å². The third-order valence-corrected chi connectivity index (χ3v) is 2.59. The fourth-order valence-corrected chi connectivity index (χ4v) is 1.33. The molecule has 0 aliphatic carbocycles. The third-order valence-electron chi connectivity index (χ3n) is 2.59. The second kappa shape index (κ2) is 6.82. The van der Waals surface area contributed by atoms with Gasteiger partial charge in [0.15, 0.2) is 0 Å². The van der Waals surface area contributed by atoms with Gasteiger partial charge in [-0.1, -0.05) is 27.7 Å². The van der Waals surface area contributed by atoms with E-state index in [0.717, 1.165) is 13.0 Å². The Hall–Kier alpha value is -0.570. The van der Waals surface area contributed by atoms with Crippen LogP contribution in [-0.2, 0) is 4.79 Å². The molecule has 0 radical (unpaired) electrons. The first-order chi connectivity index (χ1) is 6.54. The van der Waals surface area contributed by atoms with Gasteiger partial charge in [0.05, 0.1) is 0 Å². The number of hydrogen-bond acceptors (Lipinski definition) is 2. The second-order valence-corrected chi connectivity index (χ2v) is 4.15. The summed E-state index contributed by atoms with van der Waals surface area (Å²) in [5, 5.41) is 0. The Morgan fingerprint density at radius 3 is 2.21 bits per heavy atom. The van der Waals surface area contributed by atoms with Crippen molar-refractivity contribution < 1.29 is 4.79 Å². The van der Waals surface area contributed by atoms with E-state index in [-0.39, 0.29) is 11.8 Å². The summed E-state index contributed by atoms with van der Waals surface area (Å²) in [7, 11) is 0. The molecule has 0 aliphatic rings. The molecule has 0 aromatic heterocycles. The van der Waals surface area contributed by atoms with Crippen LogP contribution in [-0.4, -0.2) is 30.4 Å². The predicted octanol–water partition coefficient (Wildman–Crippen LogP) is 1.48. The van der Waals surface area contributed by atoms with Crippen LogP contribution in [0.5, 0.6) is 0 Å². The van der Waals surface area contributed by atoms with Crippen molar-refractivity contribution in [2.75, 3.05) is 19.6 Å². The van der Waals surface area contributed by atoms with Crippen LogP contribution < -0.4 is 5.73 Å². The van der Waals surface area contributed by atoms with Gasteiger partial charge in [-0.2, -0.15) is 0 Å². The number of carbonyl (C=O) groups is 1. The molecule has 3 nitrogen and oxygen atoms in total. The van der Waals surface area contributed by atoms with Gasteiger partial charge >= 0.3 is 0 Å². The average molecular weight is 200 g/mol. The number of nitrogens with zero attached hydrogens (tertiary/aromatic N) is 1. The van der Waals surface area contributed by atoms with E-state index in [9.17, 15) is 4.79 Å². The molecule has 3 heteroatoms. The quantitative estimate of drug-likeness (QED) is 0.706. The molecule has 2 N–H and O–H groups in total. The van der Waals surface area contributed by atoms with E-state index < -0.39 is 0 Å². The van der Waals surface area contributed by atoms with Crippen LogP contribution in [0.25, 0.3) is 0 Å². The summed E-state index contributed by atoms with van der Waals surface area (Å²) in [5.41, 5.74) is 5.48. The molecular formula is C11H24N2O. The highest BCUT2D eigenvalue weighted by atomic mass is 16.2. The van der Waals surface area contributed by atoms with Crippen LogP contribution >= 0.6 is 0 Å². The van der Waals surface area contributed by atoms with Crippen LogP contribution in [0.4, 0.5) is 0 Å². The lowest BCUT2D eigenvalue weighted by molar-refractivity contribution is -0.136. The molecule has 0 aliphatic heterocycles. The largest absolute Gasteiger partial charge is 0.341 e. The van der Waals surface area contributed by atoms with Crippen molar-refractivity contribution in [3.63, 3.8) is 0 Å². The highest BCUT2D eigenvalue weighted by molar-refractivity contribution is 5.78. The highest BCUT2D eigenvalue weighted by Crippen LogP contribution is 2.13. The number of rotatable bonds is 6. The Morgan fingerprint density at radius 1 is 1.29 bits per heavy atom. The van der Waals surface area contributed by atoms with E-state index >= 15 is 0 Å². The number of amides is 1. The average Bonchev–Trinajstić information content (AvgIpc) is 2.15. The summed E-state index contributed by atoms with van der Waals surface area (Å²) >= 11 is 0. The second-order valence-electron chi connectivity index (χ2n) is 4.15. The normalized spacial score (nSPS) is 13.0. The monoisotopic (exact) mass is 200 g/mol. The molecule has 0 aromatic carbocycles. The fourth-order valence-electron chi connectivity index (χ4n) is 1.33. The Bertz CT molecular complexity index is 163.